The number of hydrogen-bond acceptors (Lipinski definition) is 3. The zero-order chi connectivity index (χ0) is 13.2. The third-order valence-corrected chi connectivity index (χ3v) is 3.87. The predicted molar refractivity (Wildman–Crippen MR) is 78.6 cm³/mol. The zero-order valence-electron chi connectivity index (χ0n) is 11.8. The highest BCUT2D eigenvalue weighted by molar-refractivity contribution is 5.56. The SMILES string of the molecule is CCNCc1c(N2CCC(C)C2)nc2ccccn12. The Morgan fingerprint density at radius 1 is 1.42 bits per heavy atom. The van der Waals surface area contributed by atoms with E-state index in [0.29, 0.717) is 0 Å². The average Bonchev–Trinajstić information content (AvgIpc) is 3.00. The molecule has 2 aromatic heterocycles. The summed E-state index contributed by atoms with van der Waals surface area (Å²) in [6.07, 6.45) is 3.38. The summed E-state index contributed by atoms with van der Waals surface area (Å²) in [6.45, 7) is 8.57. The van der Waals surface area contributed by atoms with Crippen LogP contribution >= 0.6 is 0 Å². The highest BCUT2D eigenvalue weighted by Gasteiger charge is 2.24. The van der Waals surface area contributed by atoms with E-state index in [1.165, 1.54) is 12.1 Å². The van der Waals surface area contributed by atoms with Gasteiger partial charge in [-0.25, -0.2) is 4.98 Å². The Bertz CT molecular complexity index is 560. The standard InChI is InChI=1S/C15H22N4/c1-3-16-10-13-15(18-9-7-12(2)11-18)17-14-6-4-5-8-19(13)14/h4-6,8,12,16H,3,7,9-11H2,1-2H3. The van der Waals surface area contributed by atoms with Gasteiger partial charge in [0.05, 0.1) is 5.69 Å². The molecule has 0 amide bonds. The molecule has 1 saturated heterocycles. The maximum atomic E-state index is 4.83. The molecule has 0 bridgehead atoms. The van der Waals surface area contributed by atoms with Crippen LogP contribution in [0.25, 0.3) is 5.65 Å². The van der Waals surface area contributed by atoms with E-state index < -0.39 is 0 Å². The lowest BCUT2D eigenvalue weighted by molar-refractivity contribution is 0.657. The second kappa shape index (κ2) is 5.21. The van der Waals surface area contributed by atoms with Crippen molar-refractivity contribution in [1.29, 1.82) is 0 Å². The van der Waals surface area contributed by atoms with Crippen LogP contribution in [0.2, 0.25) is 0 Å². The first kappa shape index (κ1) is 12.5. The molecule has 2 aromatic rings. The Labute approximate surface area is 114 Å². The Morgan fingerprint density at radius 3 is 3.05 bits per heavy atom. The van der Waals surface area contributed by atoms with Gasteiger partial charge in [0, 0.05) is 25.8 Å². The number of rotatable bonds is 4. The Kier molecular flexibility index (Phi) is 3.42. The van der Waals surface area contributed by atoms with Crippen molar-refractivity contribution >= 4 is 11.5 Å². The molecule has 1 aliphatic heterocycles. The van der Waals surface area contributed by atoms with Gasteiger partial charge in [0.2, 0.25) is 0 Å². The van der Waals surface area contributed by atoms with E-state index in [9.17, 15) is 0 Å². The van der Waals surface area contributed by atoms with Crippen LogP contribution in [0.4, 0.5) is 5.82 Å². The van der Waals surface area contributed by atoms with E-state index in [4.69, 9.17) is 4.98 Å². The summed E-state index contributed by atoms with van der Waals surface area (Å²) in [7, 11) is 0. The van der Waals surface area contributed by atoms with Crippen LogP contribution < -0.4 is 10.2 Å². The van der Waals surface area contributed by atoms with Crippen molar-refractivity contribution in [2.24, 2.45) is 5.92 Å². The van der Waals surface area contributed by atoms with Gasteiger partial charge in [0.1, 0.15) is 5.65 Å². The van der Waals surface area contributed by atoms with Crippen molar-refractivity contribution in [2.45, 2.75) is 26.8 Å². The molecule has 0 aliphatic carbocycles. The van der Waals surface area contributed by atoms with Gasteiger partial charge < -0.3 is 14.6 Å². The smallest absolute Gasteiger partial charge is 0.152 e. The number of nitrogens with zero attached hydrogens (tertiary/aromatic N) is 3. The monoisotopic (exact) mass is 258 g/mol. The minimum absolute atomic E-state index is 0.775. The van der Waals surface area contributed by atoms with Crippen LogP contribution in [0.5, 0.6) is 0 Å². The highest BCUT2D eigenvalue weighted by atomic mass is 15.2. The van der Waals surface area contributed by atoms with E-state index in [2.05, 4.69) is 52.9 Å². The molecule has 19 heavy (non-hydrogen) atoms. The molecular formula is C15H22N4. The highest BCUT2D eigenvalue weighted by Crippen LogP contribution is 2.27. The van der Waals surface area contributed by atoms with Gasteiger partial charge in [-0.15, -0.1) is 0 Å². The van der Waals surface area contributed by atoms with Crippen LogP contribution in [0.3, 0.4) is 0 Å². The summed E-state index contributed by atoms with van der Waals surface area (Å²) in [5.74, 6) is 1.94. The lowest BCUT2D eigenvalue weighted by atomic mass is 10.2. The van der Waals surface area contributed by atoms with Gasteiger partial charge in [-0.3, -0.25) is 0 Å². The van der Waals surface area contributed by atoms with Gasteiger partial charge in [-0.05, 0) is 31.0 Å². The van der Waals surface area contributed by atoms with E-state index in [0.717, 1.165) is 43.6 Å². The molecule has 102 valence electrons. The normalized spacial score (nSPS) is 19.5. The summed E-state index contributed by atoms with van der Waals surface area (Å²) in [5, 5.41) is 3.43. The van der Waals surface area contributed by atoms with E-state index >= 15 is 0 Å². The van der Waals surface area contributed by atoms with Crippen molar-refractivity contribution in [3.8, 4) is 0 Å². The molecule has 4 heteroatoms. The van der Waals surface area contributed by atoms with Crippen LogP contribution in [-0.2, 0) is 6.54 Å². The van der Waals surface area contributed by atoms with E-state index in [-0.39, 0.29) is 0 Å². The molecule has 1 aliphatic rings. The predicted octanol–water partition coefficient (Wildman–Crippen LogP) is 2.29. The molecule has 1 unspecified atom stereocenters. The number of imidazole rings is 1. The Morgan fingerprint density at radius 2 is 2.32 bits per heavy atom. The fourth-order valence-corrected chi connectivity index (χ4v) is 2.82. The minimum Gasteiger partial charge on any atom is -0.355 e. The van der Waals surface area contributed by atoms with Crippen molar-refractivity contribution in [3.05, 3.63) is 30.1 Å². The molecule has 1 N–H and O–H groups in total. The van der Waals surface area contributed by atoms with Crippen LogP contribution in [0.1, 0.15) is 26.0 Å². The van der Waals surface area contributed by atoms with E-state index in [1.54, 1.807) is 0 Å². The van der Waals surface area contributed by atoms with Crippen molar-refractivity contribution in [3.63, 3.8) is 0 Å². The fourth-order valence-electron chi connectivity index (χ4n) is 2.82. The summed E-state index contributed by atoms with van der Waals surface area (Å²) in [6, 6.07) is 6.20. The Balaban J connectivity index is 2.01. The van der Waals surface area contributed by atoms with Crippen molar-refractivity contribution < 1.29 is 0 Å². The lowest BCUT2D eigenvalue weighted by Gasteiger charge is -2.17. The topological polar surface area (TPSA) is 32.6 Å². The largest absolute Gasteiger partial charge is 0.355 e. The molecule has 0 saturated carbocycles. The summed E-state index contributed by atoms with van der Waals surface area (Å²) >= 11 is 0. The minimum atomic E-state index is 0.775. The molecule has 0 spiro atoms. The molecule has 1 fully saturated rings. The van der Waals surface area contributed by atoms with Crippen LogP contribution in [0, 0.1) is 5.92 Å². The van der Waals surface area contributed by atoms with Crippen LogP contribution in [-0.4, -0.2) is 29.0 Å². The summed E-state index contributed by atoms with van der Waals surface area (Å²) < 4.78 is 2.21. The number of fused-ring (bicyclic) bond motifs is 1. The first-order chi connectivity index (χ1) is 9.29. The second-order valence-electron chi connectivity index (χ2n) is 5.43. The van der Waals surface area contributed by atoms with Gasteiger partial charge in [-0.1, -0.05) is 19.9 Å². The molecule has 0 radical (unpaired) electrons. The van der Waals surface area contributed by atoms with Crippen molar-refractivity contribution in [1.82, 2.24) is 14.7 Å². The number of nitrogens with one attached hydrogen (secondary N) is 1. The summed E-state index contributed by atoms with van der Waals surface area (Å²) in [5.41, 5.74) is 2.33. The fraction of sp³-hybridized carbons (Fsp3) is 0.533. The molecule has 1 atom stereocenters. The second-order valence-corrected chi connectivity index (χ2v) is 5.43. The molecular weight excluding hydrogens is 236 g/mol. The molecule has 3 heterocycles. The first-order valence-electron chi connectivity index (χ1n) is 7.21. The number of aromatic nitrogens is 2. The molecule has 3 rings (SSSR count). The molecule has 4 nitrogen and oxygen atoms in total. The van der Waals surface area contributed by atoms with Crippen molar-refractivity contribution in [2.75, 3.05) is 24.5 Å². The Hall–Kier alpha value is -1.55. The zero-order valence-corrected chi connectivity index (χ0v) is 11.8. The third-order valence-electron chi connectivity index (χ3n) is 3.87. The lowest BCUT2D eigenvalue weighted by Crippen LogP contribution is -2.23. The average molecular weight is 258 g/mol. The third kappa shape index (κ3) is 2.32. The van der Waals surface area contributed by atoms with Crippen LogP contribution in [0.15, 0.2) is 24.4 Å². The first-order valence-corrected chi connectivity index (χ1v) is 7.21. The maximum absolute atomic E-state index is 4.83. The van der Waals surface area contributed by atoms with Gasteiger partial charge in [0.15, 0.2) is 5.82 Å². The number of pyridine rings is 1. The maximum Gasteiger partial charge on any atom is 0.152 e. The van der Waals surface area contributed by atoms with Gasteiger partial charge in [-0.2, -0.15) is 0 Å². The quantitative estimate of drug-likeness (QED) is 0.913. The summed E-state index contributed by atoms with van der Waals surface area (Å²) in [4.78, 5) is 7.27. The van der Waals surface area contributed by atoms with Gasteiger partial charge in [0.25, 0.3) is 0 Å². The van der Waals surface area contributed by atoms with E-state index in [1.807, 2.05) is 0 Å². The number of hydrogen-bond donors (Lipinski definition) is 1. The number of anilines is 1. The molecule has 0 aromatic carbocycles. The van der Waals surface area contributed by atoms with Gasteiger partial charge >= 0.3 is 0 Å².